The first-order chi connectivity index (χ1) is 9.29. The first-order valence-electron chi connectivity index (χ1n) is 5.82. The van der Waals surface area contributed by atoms with Crippen LogP contribution in [0.2, 0.25) is 0 Å². The Morgan fingerprint density at radius 3 is 2.05 bits per heavy atom. The highest BCUT2D eigenvalue weighted by atomic mass is 19.2. The summed E-state index contributed by atoms with van der Waals surface area (Å²) < 4.78 is 62.1. The average molecular weight is 295 g/mol. The summed E-state index contributed by atoms with van der Waals surface area (Å²) in [6, 6.07) is 0. The molecule has 0 aliphatic rings. The highest BCUT2D eigenvalue weighted by molar-refractivity contribution is 5.75. The van der Waals surface area contributed by atoms with E-state index < -0.39 is 47.3 Å². The van der Waals surface area contributed by atoms with E-state index in [1.54, 1.807) is 0 Å². The van der Waals surface area contributed by atoms with Crippen molar-refractivity contribution in [1.29, 1.82) is 0 Å². The Morgan fingerprint density at radius 2 is 1.65 bits per heavy atom. The summed E-state index contributed by atoms with van der Waals surface area (Å²) in [5.74, 6) is -10.1. The summed E-state index contributed by atoms with van der Waals surface area (Å²) in [4.78, 5) is 14.0. The number of rotatable bonds is 5. The van der Waals surface area contributed by atoms with Crippen LogP contribution in [0.3, 0.4) is 0 Å². The SMILES string of the molecule is CCOC(=O)C(Oc1c(F)c(F)nc(F)c1F)C(C)C. The topological polar surface area (TPSA) is 48.4 Å². The van der Waals surface area contributed by atoms with E-state index in [-0.39, 0.29) is 6.61 Å². The van der Waals surface area contributed by atoms with Gasteiger partial charge < -0.3 is 9.47 Å². The van der Waals surface area contributed by atoms with E-state index in [9.17, 15) is 22.4 Å². The van der Waals surface area contributed by atoms with Crippen molar-refractivity contribution in [2.75, 3.05) is 6.61 Å². The Bertz CT molecular complexity index is 482. The molecule has 0 aromatic carbocycles. The molecule has 0 amide bonds. The predicted molar refractivity (Wildman–Crippen MR) is 60.0 cm³/mol. The van der Waals surface area contributed by atoms with E-state index in [4.69, 9.17) is 4.74 Å². The molecule has 8 heteroatoms. The largest absolute Gasteiger partial charge is 0.472 e. The second-order valence-electron chi connectivity index (χ2n) is 4.19. The summed E-state index contributed by atoms with van der Waals surface area (Å²) in [5, 5.41) is 0. The van der Waals surface area contributed by atoms with Crippen LogP contribution in [-0.2, 0) is 9.53 Å². The normalized spacial score (nSPS) is 12.4. The molecular weight excluding hydrogens is 282 g/mol. The maximum atomic E-state index is 13.4. The van der Waals surface area contributed by atoms with Gasteiger partial charge in [0.2, 0.25) is 17.4 Å². The van der Waals surface area contributed by atoms with Crippen LogP contribution >= 0.6 is 0 Å². The first-order valence-corrected chi connectivity index (χ1v) is 5.82. The van der Waals surface area contributed by atoms with Gasteiger partial charge in [0, 0.05) is 5.92 Å². The smallest absolute Gasteiger partial charge is 0.347 e. The van der Waals surface area contributed by atoms with Gasteiger partial charge in [-0.25, -0.2) is 4.79 Å². The van der Waals surface area contributed by atoms with Crippen LogP contribution in [0.25, 0.3) is 0 Å². The summed E-state index contributed by atoms with van der Waals surface area (Å²) in [6.07, 6.45) is -1.40. The molecule has 20 heavy (non-hydrogen) atoms. The lowest BCUT2D eigenvalue weighted by molar-refractivity contribution is -0.153. The molecule has 0 aliphatic heterocycles. The van der Waals surface area contributed by atoms with Crippen molar-refractivity contribution >= 4 is 5.97 Å². The molecule has 0 bridgehead atoms. The number of hydrogen-bond donors (Lipinski definition) is 0. The van der Waals surface area contributed by atoms with Crippen molar-refractivity contribution in [2.45, 2.75) is 26.9 Å². The van der Waals surface area contributed by atoms with Gasteiger partial charge >= 0.3 is 5.97 Å². The van der Waals surface area contributed by atoms with Gasteiger partial charge in [-0.2, -0.15) is 22.5 Å². The van der Waals surface area contributed by atoms with E-state index >= 15 is 0 Å². The zero-order chi connectivity index (χ0) is 15.4. The molecule has 1 unspecified atom stereocenters. The number of aromatic nitrogens is 1. The third-order valence-electron chi connectivity index (χ3n) is 2.33. The van der Waals surface area contributed by atoms with Crippen LogP contribution in [0.1, 0.15) is 20.8 Å². The number of carbonyl (C=O) groups is 1. The number of hydrogen-bond acceptors (Lipinski definition) is 4. The Kier molecular flexibility index (Phi) is 5.29. The van der Waals surface area contributed by atoms with Crippen LogP contribution in [0.5, 0.6) is 5.75 Å². The molecule has 1 atom stereocenters. The van der Waals surface area contributed by atoms with Gasteiger partial charge in [-0.15, -0.1) is 0 Å². The summed E-state index contributed by atoms with van der Waals surface area (Å²) >= 11 is 0. The molecule has 0 radical (unpaired) electrons. The monoisotopic (exact) mass is 295 g/mol. The fraction of sp³-hybridized carbons (Fsp3) is 0.500. The van der Waals surface area contributed by atoms with E-state index in [0.717, 1.165) is 0 Å². The third-order valence-corrected chi connectivity index (χ3v) is 2.33. The van der Waals surface area contributed by atoms with Crippen molar-refractivity contribution < 1.29 is 31.8 Å². The van der Waals surface area contributed by atoms with Crippen molar-refractivity contribution in [1.82, 2.24) is 4.98 Å². The second kappa shape index (κ2) is 6.53. The van der Waals surface area contributed by atoms with Gasteiger partial charge in [-0.05, 0) is 6.92 Å². The minimum atomic E-state index is -1.86. The van der Waals surface area contributed by atoms with Crippen LogP contribution in [-0.4, -0.2) is 23.7 Å². The molecule has 1 rings (SSSR count). The number of nitrogens with zero attached hydrogens (tertiary/aromatic N) is 1. The Balaban J connectivity index is 3.15. The van der Waals surface area contributed by atoms with Crippen LogP contribution in [0, 0.1) is 29.4 Å². The lowest BCUT2D eigenvalue weighted by Crippen LogP contribution is -2.35. The molecule has 0 saturated heterocycles. The molecule has 1 aromatic heterocycles. The van der Waals surface area contributed by atoms with Crippen LogP contribution in [0.15, 0.2) is 0 Å². The zero-order valence-corrected chi connectivity index (χ0v) is 11.0. The molecule has 4 nitrogen and oxygen atoms in total. The fourth-order valence-corrected chi connectivity index (χ4v) is 1.38. The number of esters is 1. The second-order valence-corrected chi connectivity index (χ2v) is 4.19. The molecular formula is C12H13F4NO3. The van der Waals surface area contributed by atoms with Gasteiger partial charge in [-0.1, -0.05) is 13.8 Å². The molecule has 0 saturated carbocycles. The Morgan fingerprint density at radius 1 is 1.15 bits per heavy atom. The van der Waals surface area contributed by atoms with Gasteiger partial charge in [-0.3, -0.25) is 0 Å². The van der Waals surface area contributed by atoms with Gasteiger partial charge in [0.05, 0.1) is 6.61 Å². The quantitative estimate of drug-likeness (QED) is 0.476. The minimum Gasteiger partial charge on any atom is -0.472 e. The molecule has 0 fully saturated rings. The van der Waals surface area contributed by atoms with Crippen molar-refractivity contribution in [2.24, 2.45) is 5.92 Å². The highest BCUT2D eigenvalue weighted by Gasteiger charge is 2.31. The van der Waals surface area contributed by atoms with E-state index in [2.05, 4.69) is 9.72 Å². The van der Waals surface area contributed by atoms with Crippen LogP contribution < -0.4 is 4.74 Å². The maximum absolute atomic E-state index is 13.4. The molecule has 0 spiro atoms. The number of carbonyl (C=O) groups excluding carboxylic acids is 1. The summed E-state index contributed by atoms with van der Waals surface area (Å²) in [5.41, 5.74) is 0. The highest BCUT2D eigenvalue weighted by Crippen LogP contribution is 2.27. The predicted octanol–water partition coefficient (Wildman–Crippen LogP) is 2.60. The Labute approximate surface area is 112 Å². The summed E-state index contributed by atoms with van der Waals surface area (Å²) in [7, 11) is 0. The van der Waals surface area contributed by atoms with E-state index in [1.807, 2.05) is 0 Å². The Hall–Kier alpha value is -1.86. The fourth-order valence-electron chi connectivity index (χ4n) is 1.38. The van der Waals surface area contributed by atoms with Gasteiger partial charge in [0.25, 0.3) is 11.9 Å². The van der Waals surface area contributed by atoms with Gasteiger partial charge in [0.1, 0.15) is 0 Å². The number of pyridine rings is 1. The molecule has 1 heterocycles. The number of halogens is 4. The van der Waals surface area contributed by atoms with Crippen LogP contribution in [0.4, 0.5) is 17.6 Å². The minimum absolute atomic E-state index is 0.0233. The van der Waals surface area contributed by atoms with Gasteiger partial charge in [0.15, 0.2) is 6.10 Å². The van der Waals surface area contributed by atoms with E-state index in [0.29, 0.717) is 0 Å². The van der Waals surface area contributed by atoms with Crippen molar-refractivity contribution in [3.63, 3.8) is 0 Å². The lowest BCUT2D eigenvalue weighted by Gasteiger charge is -2.21. The molecule has 0 N–H and O–H groups in total. The maximum Gasteiger partial charge on any atom is 0.347 e. The molecule has 112 valence electrons. The van der Waals surface area contributed by atoms with Crippen molar-refractivity contribution in [3.8, 4) is 5.75 Å². The average Bonchev–Trinajstić information content (AvgIpc) is 2.36. The first kappa shape index (κ1) is 16.2. The van der Waals surface area contributed by atoms with E-state index in [1.165, 1.54) is 20.8 Å². The zero-order valence-electron chi connectivity index (χ0n) is 11.0. The standard InChI is InChI=1S/C12H13F4NO3/c1-4-19-12(18)8(5(2)3)20-9-6(13)10(15)17-11(16)7(9)14/h5,8H,4H2,1-3H3. The molecule has 0 aliphatic carbocycles. The lowest BCUT2D eigenvalue weighted by atomic mass is 10.1. The third kappa shape index (κ3) is 3.37. The van der Waals surface area contributed by atoms with Crippen molar-refractivity contribution in [3.05, 3.63) is 23.5 Å². The summed E-state index contributed by atoms with van der Waals surface area (Å²) in [6.45, 7) is 4.59. The molecule has 1 aromatic rings. The number of ether oxygens (including phenoxy) is 2.